The summed E-state index contributed by atoms with van der Waals surface area (Å²) in [5, 5.41) is 7.34. The summed E-state index contributed by atoms with van der Waals surface area (Å²) in [4.78, 5) is 0. The van der Waals surface area contributed by atoms with Crippen molar-refractivity contribution in [2.24, 2.45) is 0 Å². The van der Waals surface area contributed by atoms with E-state index in [-0.39, 0.29) is 0 Å². The average molecular weight is 407 g/mol. The Bertz CT molecular complexity index is 1600. The first-order chi connectivity index (χ1) is 15.9. The van der Waals surface area contributed by atoms with Crippen LogP contribution in [0.25, 0.3) is 49.7 Å². The van der Waals surface area contributed by atoms with Crippen LogP contribution in [0.3, 0.4) is 0 Å². The second-order valence-electron chi connectivity index (χ2n) is 8.28. The Morgan fingerprint density at radius 3 is 1.94 bits per heavy atom. The zero-order valence-electron chi connectivity index (χ0n) is 17.4. The van der Waals surface area contributed by atoms with Gasteiger partial charge in [0.2, 0.25) is 0 Å². The molecule has 1 aliphatic rings. The van der Waals surface area contributed by atoms with Gasteiger partial charge >= 0.3 is 0 Å². The van der Waals surface area contributed by atoms with Gasteiger partial charge in [0.15, 0.2) is 0 Å². The molecule has 0 aliphatic carbocycles. The lowest BCUT2D eigenvalue weighted by atomic mass is 9.99. The van der Waals surface area contributed by atoms with Gasteiger partial charge in [0.25, 0.3) is 0 Å². The Kier molecular flexibility index (Phi) is 3.58. The standard InChI is InChI=1S/C30H19N2/c1-4-13-27-23(10-1)26-19-21(16-17-28(26)31-27)20-8-7-9-22(18-20)32-29-14-5-2-11-24(29)25-12-3-6-15-30(25)32/h1-19H. The fraction of sp³-hybridized carbons (Fsp3) is 0. The van der Waals surface area contributed by atoms with Crippen LogP contribution in [0, 0.1) is 0 Å². The number of para-hydroxylation sites is 3. The van der Waals surface area contributed by atoms with E-state index in [2.05, 4.69) is 114 Å². The number of nitrogens with zero attached hydrogens (tertiary/aromatic N) is 2. The molecule has 7 rings (SSSR count). The van der Waals surface area contributed by atoms with Gasteiger partial charge in [-0.15, -0.1) is 0 Å². The van der Waals surface area contributed by atoms with Gasteiger partial charge < -0.3 is 4.57 Å². The SMILES string of the molecule is c1cc(-c2ccc3c(c2)-c2ccccc2[N]3)cc(-n2c3ccccc3c3ccccc32)c1. The van der Waals surface area contributed by atoms with Crippen molar-refractivity contribution in [1.82, 2.24) is 9.88 Å². The van der Waals surface area contributed by atoms with Crippen LogP contribution in [0.2, 0.25) is 0 Å². The number of hydrogen-bond donors (Lipinski definition) is 0. The molecule has 0 spiro atoms. The van der Waals surface area contributed by atoms with Gasteiger partial charge in [-0.3, -0.25) is 0 Å². The first-order valence-electron chi connectivity index (χ1n) is 10.9. The molecule has 0 fully saturated rings. The molecule has 1 aliphatic heterocycles. The molecule has 1 aromatic heterocycles. The summed E-state index contributed by atoms with van der Waals surface area (Å²) in [5.41, 5.74) is 10.6. The van der Waals surface area contributed by atoms with Gasteiger partial charge in [-0.05, 0) is 53.6 Å². The van der Waals surface area contributed by atoms with Crippen LogP contribution >= 0.6 is 0 Å². The van der Waals surface area contributed by atoms with E-state index in [4.69, 9.17) is 5.32 Å². The molecule has 1 radical (unpaired) electrons. The zero-order chi connectivity index (χ0) is 21.1. The summed E-state index contributed by atoms with van der Waals surface area (Å²) in [5.74, 6) is 0. The molecule has 0 N–H and O–H groups in total. The van der Waals surface area contributed by atoms with Crippen molar-refractivity contribution in [3.63, 3.8) is 0 Å². The lowest BCUT2D eigenvalue weighted by Crippen LogP contribution is -1.94. The zero-order valence-corrected chi connectivity index (χ0v) is 17.4. The van der Waals surface area contributed by atoms with E-state index >= 15 is 0 Å². The molecular formula is C30H19N2. The monoisotopic (exact) mass is 407 g/mol. The minimum Gasteiger partial charge on any atom is -0.309 e. The van der Waals surface area contributed by atoms with Crippen molar-refractivity contribution >= 4 is 33.2 Å². The molecular weight excluding hydrogens is 388 g/mol. The Balaban J connectivity index is 1.42. The molecule has 0 unspecified atom stereocenters. The summed E-state index contributed by atoms with van der Waals surface area (Å²) >= 11 is 0. The molecule has 2 heterocycles. The topological polar surface area (TPSA) is 19.0 Å². The minimum absolute atomic E-state index is 1.05. The smallest absolute Gasteiger partial charge is 0.0716 e. The van der Waals surface area contributed by atoms with Crippen molar-refractivity contribution in [2.75, 3.05) is 0 Å². The maximum absolute atomic E-state index is 4.77. The van der Waals surface area contributed by atoms with E-state index in [1.165, 1.54) is 49.7 Å². The maximum atomic E-state index is 4.77. The summed E-state index contributed by atoms with van der Waals surface area (Å²) < 4.78 is 2.37. The number of aromatic nitrogens is 1. The highest BCUT2D eigenvalue weighted by atomic mass is 15.0. The number of rotatable bonds is 2. The predicted octanol–water partition coefficient (Wildman–Crippen LogP) is 8.00. The molecule has 0 bridgehead atoms. The molecule has 0 atom stereocenters. The van der Waals surface area contributed by atoms with E-state index < -0.39 is 0 Å². The maximum Gasteiger partial charge on any atom is 0.0716 e. The second-order valence-corrected chi connectivity index (χ2v) is 8.28. The van der Waals surface area contributed by atoms with Crippen molar-refractivity contribution in [2.45, 2.75) is 0 Å². The Morgan fingerprint density at radius 2 is 1.12 bits per heavy atom. The number of fused-ring (bicyclic) bond motifs is 6. The van der Waals surface area contributed by atoms with Crippen molar-refractivity contribution in [3.05, 3.63) is 115 Å². The molecule has 2 nitrogen and oxygen atoms in total. The van der Waals surface area contributed by atoms with Crippen LogP contribution in [-0.2, 0) is 0 Å². The number of hydrogen-bond acceptors (Lipinski definition) is 0. The van der Waals surface area contributed by atoms with Gasteiger partial charge in [0, 0.05) is 27.6 Å². The third kappa shape index (κ3) is 2.47. The van der Waals surface area contributed by atoms with Crippen LogP contribution in [0.5, 0.6) is 0 Å². The molecule has 5 aromatic carbocycles. The van der Waals surface area contributed by atoms with Crippen LogP contribution in [0.4, 0.5) is 11.4 Å². The van der Waals surface area contributed by atoms with Gasteiger partial charge in [0.1, 0.15) is 0 Å². The molecule has 0 saturated carbocycles. The molecule has 6 aromatic rings. The third-order valence-corrected chi connectivity index (χ3v) is 6.45. The first-order valence-corrected chi connectivity index (χ1v) is 10.9. The van der Waals surface area contributed by atoms with E-state index in [0.717, 1.165) is 11.4 Å². The molecule has 2 heteroatoms. The van der Waals surface area contributed by atoms with Gasteiger partial charge in [0.05, 0.1) is 22.4 Å². The fourth-order valence-corrected chi connectivity index (χ4v) is 4.98. The van der Waals surface area contributed by atoms with Crippen LogP contribution < -0.4 is 5.32 Å². The van der Waals surface area contributed by atoms with E-state index in [1.807, 2.05) is 6.07 Å². The normalized spacial score (nSPS) is 12.0. The van der Waals surface area contributed by atoms with Gasteiger partial charge in [-0.1, -0.05) is 72.8 Å². The first kappa shape index (κ1) is 17.4. The highest BCUT2D eigenvalue weighted by molar-refractivity contribution is 6.09. The molecule has 149 valence electrons. The van der Waals surface area contributed by atoms with Crippen LogP contribution in [-0.4, -0.2) is 4.57 Å². The Hall–Kier alpha value is -4.30. The quantitative estimate of drug-likeness (QED) is 0.276. The van der Waals surface area contributed by atoms with Crippen molar-refractivity contribution in [1.29, 1.82) is 0 Å². The van der Waals surface area contributed by atoms with Gasteiger partial charge in [-0.2, -0.15) is 0 Å². The minimum atomic E-state index is 1.05. The van der Waals surface area contributed by atoms with Gasteiger partial charge in [-0.25, -0.2) is 5.32 Å². The van der Waals surface area contributed by atoms with E-state index in [1.54, 1.807) is 0 Å². The summed E-state index contributed by atoms with van der Waals surface area (Å²) in [7, 11) is 0. The molecule has 0 amide bonds. The molecule has 0 saturated heterocycles. The van der Waals surface area contributed by atoms with Crippen LogP contribution in [0.1, 0.15) is 0 Å². The van der Waals surface area contributed by atoms with E-state index in [9.17, 15) is 0 Å². The highest BCUT2D eigenvalue weighted by Gasteiger charge is 2.20. The third-order valence-electron chi connectivity index (χ3n) is 6.45. The lowest BCUT2D eigenvalue weighted by Gasteiger charge is -2.11. The van der Waals surface area contributed by atoms with Crippen molar-refractivity contribution in [3.8, 4) is 27.9 Å². The summed E-state index contributed by atoms with van der Waals surface area (Å²) in [6.45, 7) is 0. The Morgan fingerprint density at radius 1 is 0.469 bits per heavy atom. The van der Waals surface area contributed by atoms with Crippen LogP contribution in [0.15, 0.2) is 115 Å². The second kappa shape index (κ2) is 6.60. The Labute approximate surface area is 186 Å². The predicted molar refractivity (Wildman–Crippen MR) is 133 cm³/mol. The average Bonchev–Trinajstić information content (AvgIpc) is 3.39. The van der Waals surface area contributed by atoms with E-state index in [0.29, 0.717) is 0 Å². The number of benzene rings is 5. The van der Waals surface area contributed by atoms with Crippen molar-refractivity contribution < 1.29 is 0 Å². The summed E-state index contributed by atoms with van der Waals surface area (Å²) in [6, 6.07) is 41.1. The highest BCUT2D eigenvalue weighted by Crippen LogP contribution is 2.44. The largest absolute Gasteiger partial charge is 0.309 e. The molecule has 32 heavy (non-hydrogen) atoms. The fourth-order valence-electron chi connectivity index (χ4n) is 4.98. The summed E-state index contributed by atoms with van der Waals surface area (Å²) in [6.07, 6.45) is 0. The lowest BCUT2D eigenvalue weighted by molar-refractivity contribution is 1.18.